The summed E-state index contributed by atoms with van der Waals surface area (Å²) in [6, 6.07) is 11.5. The predicted molar refractivity (Wildman–Crippen MR) is 139 cm³/mol. The van der Waals surface area contributed by atoms with E-state index in [0.29, 0.717) is 18.8 Å². The third-order valence-electron chi connectivity index (χ3n) is 7.07. The van der Waals surface area contributed by atoms with Crippen molar-refractivity contribution < 1.29 is 19.1 Å². The molecule has 37 heavy (non-hydrogen) atoms. The van der Waals surface area contributed by atoms with Crippen LogP contribution in [0.15, 0.2) is 67.1 Å². The van der Waals surface area contributed by atoms with Crippen LogP contribution in [0.3, 0.4) is 0 Å². The maximum atomic E-state index is 13.2. The van der Waals surface area contributed by atoms with Crippen molar-refractivity contribution in [2.45, 2.75) is 25.4 Å². The monoisotopic (exact) mass is 499 g/mol. The summed E-state index contributed by atoms with van der Waals surface area (Å²) in [6.45, 7) is 8.99. The smallest absolute Gasteiger partial charge is 0.271 e. The number of carbonyl (C=O) groups is 3. The number of carbonyl (C=O) groups excluding carboxylic acids is 3. The highest BCUT2D eigenvalue weighted by Gasteiger charge is 2.34. The van der Waals surface area contributed by atoms with E-state index >= 15 is 0 Å². The van der Waals surface area contributed by atoms with Crippen molar-refractivity contribution in [3.8, 4) is 11.1 Å². The molecule has 9 nitrogen and oxygen atoms in total. The second-order valence-corrected chi connectivity index (χ2v) is 9.44. The first-order chi connectivity index (χ1) is 17.7. The number of nitrogens with zero attached hydrogens (tertiary/aromatic N) is 4. The summed E-state index contributed by atoms with van der Waals surface area (Å²) in [5.74, 6) is -1.33. The van der Waals surface area contributed by atoms with Crippen molar-refractivity contribution in [2.75, 3.05) is 20.3 Å². The van der Waals surface area contributed by atoms with Gasteiger partial charge in [-0.3, -0.25) is 24.0 Å². The van der Waals surface area contributed by atoms with E-state index in [1.165, 1.54) is 4.90 Å². The number of rotatable bonds is 6. The fourth-order valence-corrected chi connectivity index (χ4v) is 4.96. The van der Waals surface area contributed by atoms with Gasteiger partial charge in [0.15, 0.2) is 0 Å². The lowest BCUT2D eigenvalue weighted by molar-refractivity contribution is -0.131. The lowest BCUT2D eigenvalue weighted by Crippen LogP contribution is -2.44. The number of hydrogen-bond acceptors (Lipinski definition) is 5. The Bertz CT molecular complexity index is 1450. The Morgan fingerprint density at radius 1 is 1.14 bits per heavy atom. The lowest BCUT2D eigenvalue weighted by atomic mass is 9.96. The first-order valence-electron chi connectivity index (χ1n) is 12.2. The molecule has 1 fully saturated rings. The van der Waals surface area contributed by atoms with Crippen LogP contribution in [0.5, 0.6) is 0 Å². The van der Waals surface area contributed by atoms with Crippen LogP contribution in [0.25, 0.3) is 22.0 Å². The highest BCUT2D eigenvalue weighted by Crippen LogP contribution is 2.35. The van der Waals surface area contributed by atoms with Gasteiger partial charge < -0.3 is 15.0 Å². The van der Waals surface area contributed by atoms with Gasteiger partial charge in [0.25, 0.3) is 17.7 Å². The van der Waals surface area contributed by atoms with Crippen molar-refractivity contribution >= 4 is 28.6 Å². The van der Waals surface area contributed by atoms with Crippen LogP contribution >= 0.6 is 0 Å². The molecule has 0 saturated carbocycles. The summed E-state index contributed by atoms with van der Waals surface area (Å²) in [5.41, 5.74) is 3.91. The first-order valence-corrected chi connectivity index (χ1v) is 12.2. The van der Waals surface area contributed by atoms with E-state index in [4.69, 9.17) is 4.74 Å². The zero-order valence-electron chi connectivity index (χ0n) is 21.0. The Morgan fingerprint density at radius 3 is 2.62 bits per heavy atom. The zero-order valence-corrected chi connectivity index (χ0v) is 21.0. The Morgan fingerprint density at radius 2 is 1.86 bits per heavy atom. The van der Waals surface area contributed by atoms with Crippen LogP contribution in [0, 0.1) is 0 Å². The Balaban J connectivity index is 1.31. The molecule has 2 aliphatic rings. The summed E-state index contributed by atoms with van der Waals surface area (Å²) in [6.07, 6.45) is 3.40. The van der Waals surface area contributed by atoms with Gasteiger partial charge in [-0.15, -0.1) is 0 Å². The van der Waals surface area contributed by atoms with E-state index in [1.807, 2.05) is 43.6 Å². The molecule has 1 N–H and O–H groups in total. The van der Waals surface area contributed by atoms with Gasteiger partial charge in [-0.05, 0) is 41.7 Å². The molecule has 2 aromatic carbocycles. The van der Waals surface area contributed by atoms with Gasteiger partial charge in [0.05, 0.1) is 17.8 Å². The van der Waals surface area contributed by atoms with Gasteiger partial charge in [0.2, 0.25) is 0 Å². The molecule has 1 saturated heterocycles. The molecular weight excluding hydrogens is 470 g/mol. The Hall–Kier alpha value is -4.24. The van der Waals surface area contributed by atoms with E-state index in [0.717, 1.165) is 40.4 Å². The van der Waals surface area contributed by atoms with Gasteiger partial charge in [0.1, 0.15) is 5.70 Å². The lowest BCUT2D eigenvalue weighted by Gasteiger charge is -2.31. The fourth-order valence-electron chi connectivity index (χ4n) is 4.96. The molecule has 2 aliphatic heterocycles. The van der Waals surface area contributed by atoms with Gasteiger partial charge in [-0.25, -0.2) is 0 Å². The summed E-state index contributed by atoms with van der Waals surface area (Å²) in [7, 11) is 3.56. The van der Waals surface area contributed by atoms with E-state index in [9.17, 15) is 14.4 Å². The van der Waals surface area contributed by atoms with E-state index in [-0.39, 0.29) is 35.8 Å². The number of fused-ring (bicyclic) bond motifs is 2. The summed E-state index contributed by atoms with van der Waals surface area (Å²) >= 11 is 0. The maximum Gasteiger partial charge on any atom is 0.271 e. The predicted octanol–water partition coefficient (Wildman–Crippen LogP) is 2.98. The minimum atomic E-state index is -0.642. The minimum absolute atomic E-state index is 0.0245. The van der Waals surface area contributed by atoms with Crippen molar-refractivity contribution in [3.63, 3.8) is 0 Å². The standard InChI is InChI=1S/C28H29N5O4/c1-17(27(35)32(4)21-10-12-37-13-11-21)29-26(34)18(2)33-16-24-22(6-5-7-23(24)28(33)36)19-8-9-20-15-31(3)30-25(20)14-19/h5-9,14-15,21H,1-2,10-13,16H2,3-4H3,(H,29,34). The third kappa shape index (κ3) is 4.53. The summed E-state index contributed by atoms with van der Waals surface area (Å²) < 4.78 is 7.11. The van der Waals surface area contributed by atoms with Gasteiger partial charge in [0, 0.05) is 50.5 Å². The second kappa shape index (κ2) is 9.67. The second-order valence-electron chi connectivity index (χ2n) is 9.44. The number of aromatic nitrogens is 2. The number of benzene rings is 2. The van der Waals surface area contributed by atoms with Crippen LogP contribution in [0.4, 0.5) is 0 Å². The van der Waals surface area contributed by atoms with E-state index < -0.39 is 5.91 Å². The molecule has 3 heterocycles. The largest absolute Gasteiger partial charge is 0.381 e. The van der Waals surface area contributed by atoms with Gasteiger partial charge in [-0.2, -0.15) is 5.10 Å². The molecule has 0 spiro atoms. The highest BCUT2D eigenvalue weighted by atomic mass is 16.5. The van der Waals surface area contributed by atoms with E-state index in [1.54, 1.807) is 22.7 Å². The number of nitrogens with one attached hydrogen (secondary N) is 1. The summed E-state index contributed by atoms with van der Waals surface area (Å²) in [4.78, 5) is 41.9. The third-order valence-corrected chi connectivity index (χ3v) is 7.07. The van der Waals surface area contributed by atoms with Crippen LogP contribution < -0.4 is 5.32 Å². The van der Waals surface area contributed by atoms with Crippen molar-refractivity contribution in [2.24, 2.45) is 7.05 Å². The molecule has 3 aromatic rings. The number of amides is 3. The molecule has 9 heteroatoms. The molecule has 0 atom stereocenters. The molecule has 0 aliphatic carbocycles. The fraction of sp³-hybridized carbons (Fsp3) is 0.286. The quantitative estimate of drug-likeness (QED) is 0.526. The van der Waals surface area contributed by atoms with Crippen LogP contribution in [-0.2, 0) is 27.9 Å². The number of ether oxygens (including phenoxy) is 1. The number of likely N-dealkylation sites (N-methyl/N-ethyl adjacent to an activating group) is 1. The number of aryl methyl sites for hydroxylation is 1. The zero-order chi connectivity index (χ0) is 26.3. The Kier molecular flexibility index (Phi) is 6.39. The normalized spacial score (nSPS) is 15.5. The molecule has 0 unspecified atom stereocenters. The molecule has 0 radical (unpaired) electrons. The first kappa shape index (κ1) is 24.5. The molecule has 3 amide bonds. The van der Waals surface area contributed by atoms with E-state index in [2.05, 4.69) is 23.6 Å². The molecular formula is C28H29N5O4. The average Bonchev–Trinajstić information content (AvgIpc) is 3.45. The summed E-state index contributed by atoms with van der Waals surface area (Å²) in [5, 5.41) is 8.04. The highest BCUT2D eigenvalue weighted by molar-refractivity contribution is 6.08. The average molecular weight is 500 g/mol. The molecule has 190 valence electrons. The van der Waals surface area contributed by atoms with Crippen LogP contribution in [0.1, 0.15) is 28.8 Å². The van der Waals surface area contributed by atoms with Crippen molar-refractivity contribution in [1.29, 1.82) is 0 Å². The van der Waals surface area contributed by atoms with Crippen LogP contribution in [0.2, 0.25) is 0 Å². The maximum absolute atomic E-state index is 13.2. The van der Waals surface area contributed by atoms with Gasteiger partial charge in [-0.1, -0.05) is 37.4 Å². The Labute approximate surface area is 215 Å². The minimum Gasteiger partial charge on any atom is -0.381 e. The molecule has 1 aromatic heterocycles. The molecule has 0 bridgehead atoms. The van der Waals surface area contributed by atoms with Crippen molar-refractivity contribution in [1.82, 2.24) is 24.9 Å². The van der Waals surface area contributed by atoms with Crippen molar-refractivity contribution in [3.05, 3.63) is 78.3 Å². The number of hydrogen-bond donors (Lipinski definition) is 1. The topological polar surface area (TPSA) is 96.8 Å². The SMILES string of the molecule is C=C(NC(=O)C(=C)N1Cc2c(cccc2-c2ccc3cn(C)nc3c2)C1=O)C(=O)N(C)C1CCOCC1. The van der Waals surface area contributed by atoms with Crippen LogP contribution in [-0.4, -0.2) is 63.6 Å². The van der Waals surface area contributed by atoms with Gasteiger partial charge >= 0.3 is 0 Å². The molecule has 5 rings (SSSR count).